The third-order valence-electron chi connectivity index (χ3n) is 4.09. The number of halogens is 1. The van der Waals surface area contributed by atoms with Crippen LogP contribution in [-0.2, 0) is 11.2 Å². The number of anilines is 1. The molecule has 3 rings (SSSR count). The lowest BCUT2D eigenvalue weighted by Gasteiger charge is -2.31. The molecule has 1 atom stereocenters. The Balaban J connectivity index is 0.00000147. The average molecular weight is 296 g/mol. The lowest BCUT2D eigenvalue weighted by atomic mass is 10.1. The minimum absolute atomic E-state index is 0. The van der Waals surface area contributed by atoms with E-state index in [9.17, 15) is 4.79 Å². The highest BCUT2D eigenvalue weighted by Gasteiger charge is 2.26. The number of hydrogen-bond donors (Lipinski definition) is 1. The smallest absolute Gasteiger partial charge is 0.241 e. The number of amides is 1. The van der Waals surface area contributed by atoms with Gasteiger partial charge in [0, 0.05) is 24.8 Å². The van der Waals surface area contributed by atoms with E-state index in [0.717, 1.165) is 44.6 Å². The second kappa shape index (κ2) is 6.57. The highest BCUT2D eigenvalue weighted by atomic mass is 35.5. The number of carbonyl (C=O) groups is 1. The van der Waals surface area contributed by atoms with E-state index in [0.29, 0.717) is 6.54 Å². The average Bonchev–Trinajstić information content (AvgIpc) is 2.82. The Bertz CT molecular complexity index is 480. The maximum Gasteiger partial charge on any atom is 0.241 e. The molecule has 2 aliphatic heterocycles. The maximum atomic E-state index is 12.4. The Hall–Kier alpha value is -1.10. The van der Waals surface area contributed by atoms with Gasteiger partial charge in [-0.3, -0.25) is 9.69 Å². The Morgan fingerprint density at radius 3 is 2.90 bits per heavy atom. The monoisotopic (exact) mass is 295 g/mol. The van der Waals surface area contributed by atoms with E-state index < -0.39 is 0 Å². The van der Waals surface area contributed by atoms with Gasteiger partial charge in [-0.25, -0.2) is 0 Å². The Morgan fingerprint density at radius 1 is 1.30 bits per heavy atom. The second-order valence-electron chi connectivity index (χ2n) is 5.56. The van der Waals surface area contributed by atoms with Gasteiger partial charge in [0.05, 0.1) is 6.54 Å². The molecule has 2 heterocycles. The van der Waals surface area contributed by atoms with Gasteiger partial charge in [-0.2, -0.15) is 0 Å². The summed E-state index contributed by atoms with van der Waals surface area (Å²) in [5.41, 5.74) is 8.34. The molecule has 1 saturated heterocycles. The van der Waals surface area contributed by atoms with E-state index in [-0.39, 0.29) is 24.4 Å². The molecular formula is C15H22ClN3O. The number of nitrogens with zero attached hydrogens (tertiary/aromatic N) is 2. The van der Waals surface area contributed by atoms with Gasteiger partial charge < -0.3 is 10.6 Å². The fraction of sp³-hybridized carbons (Fsp3) is 0.533. The van der Waals surface area contributed by atoms with E-state index in [4.69, 9.17) is 5.73 Å². The first-order valence-corrected chi connectivity index (χ1v) is 7.10. The van der Waals surface area contributed by atoms with Crippen LogP contribution in [0.5, 0.6) is 0 Å². The zero-order chi connectivity index (χ0) is 13.2. The molecule has 2 N–H and O–H groups in total. The lowest BCUT2D eigenvalue weighted by Crippen LogP contribution is -2.47. The van der Waals surface area contributed by atoms with Crippen molar-refractivity contribution in [3.63, 3.8) is 0 Å². The van der Waals surface area contributed by atoms with Crippen LogP contribution in [0.1, 0.15) is 18.4 Å². The number of rotatable bonds is 2. The quantitative estimate of drug-likeness (QED) is 0.898. The van der Waals surface area contributed by atoms with Crippen molar-refractivity contribution in [3.05, 3.63) is 29.8 Å². The largest absolute Gasteiger partial charge is 0.327 e. The SMILES string of the molecule is Cl.N[C@@H]1CCCN(CC(=O)N2CCc3ccccc32)C1. The molecule has 20 heavy (non-hydrogen) atoms. The van der Waals surface area contributed by atoms with Crippen LogP contribution in [0.2, 0.25) is 0 Å². The van der Waals surface area contributed by atoms with E-state index in [1.54, 1.807) is 0 Å². The molecule has 0 aromatic heterocycles. The van der Waals surface area contributed by atoms with Crippen molar-refractivity contribution in [2.45, 2.75) is 25.3 Å². The zero-order valence-corrected chi connectivity index (χ0v) is 12.4. The molecule has 4 nitrogen and oxygen atoms in total. The summed E-state index contributed by atoms with van der Waals surface area (Å²) < 4.78 is 0. The van der Waals surface area contributed by atoms with E-state index in [1.807, 2.05) is 23.1 Å². The molecule has 1 aromatic rings. The number of hydrogen-bond acceptors (Lipinski definition) is 3. The van der Waals surface area contributed by atoms with Crippen LogP contribution in [0.15, 0.2) is 24.3 Å². The molecule has 2 aliphatic rings. The van der Waals surface area contributed by atoms with Crippen molar-refractivity contribution in [1.29, 1.82) is 0 Å². The van der Waals surface area contributed by atoms with Gasteiger partial charge in [0.25, 0.3) is 0 Å². The molecule has 0 radical (unpaired) electrons. The van der Waals surface area contributed by atoms with Crippen molar-refractivity contribution < 1.29 is 4.79 Å². The molecule has 110 valence electrons. The molecule has 0 spiro atoms. The minimum atomic E-state index is 0. The van der Waals surface area contributed by atoms with Crippen LogP contribution in [0, 0.1) is 0 Å². The Labute approximate surface area is 126 Å². The highest BCUT2D eigenvalue weighted by molar-refractivity contribution is 5.96. The normalized spacial score (nSPS) is 22.2. The van der Waals surface area contributed by atoms with Gasteiger partial charge in [0.15, 0.2) is 0 Å². The molecule has 1 fully saturated rings. The third kappa shape index (κ3) is 3.14. The third-order valence-corrected chi connectivity index (χ3v) is 4.09. The topological polar surface area (TPSA) is 49.6 Å². The highest BCUT2D eigenvalue weighted by Crippen LogP contribution is 2.27. The maximum absolute atomic E-state index is 12.4. The first kappa shape index (κ1) is 15.3. The van der Waals surface area contributed by atoms with Crippen LogP contribution in [-0.4, -0.2) is 43.0 Å². The standard InChI is InChI=1S/C15H21N3O.ClH/c16-13-5-3-8-17(10-13)11-15(19)18-9-7-12-4-1-2-6-14(12)18;/h1-2,4,6,13H,3,5,7-11,16H2;1H/t13-;/m1./s1. The number of fused-ring (bicyclic) bond motifs is 1. The summed E-state index contributed by atoms with van der Waals surface area (Å²) in [5.74, 6) is 0.207. The second-order valence-corrected chi connectivity index (χ2v) is 5.56. The van der Waals surface area contributed by atoms with Crippen molar-refractivity contribution in [2.75, 3.05) is 31.1 Å². The van der Waals surface area contributed by atoms with E-state index >= 15 is 0 Å². The fourth-order valence-corrected chi connectivity index (χ4v) is 3.11. The zero-order valence-electron chi connectivity index (χ0n) is 11.6. The van der Waals surface area contributed by atoms with Crippen molar-refractivity contribution >= 4 is 24.0 Å². The summed E-state index contributed by atoms with van der Waals surface area (Å²) >= 11 is 0. The predicted octanol–water partition coefficient (Wildman–Crippen LogP) is 1.42. The first-order chi connectivity index (χ1) is 9.24. The van der Waals surface area contributed by atoms with Gasteiger partial charge >= 0.3 is 0 Å². The van der Waals surface area contributed by atoms with Crippen LogP contribution in [0.3, 0.4) is 0 Å². The Kier molecular flexibility index (Phi) is 5.02. The predicted molar refractivity (Wildman–Crippen MR) is 83.4 cm³/mol. The van der Waals surface area contributed by atoms with E-state index in [1.165, 1.54) is 5.56 Å². The molecule has 1 aromatic carbocycles. The van der Waals surface area contributed by atoms with Crippen LogP contribution in [0.4, 0.5) is 5.69 Å². The summed E-state index contributed by atoms with van der Waals surface area (Å²) in [7, 11) is 0. The number of benzene rings is 1. The number of likely N-dealkylation sites (tertiary alicyclic amines) is 1. The summed E-state index contributed by atoms with van der Waals surface area (Å²) in [4.78, 5) is 16.5. The number of carbonyl (C=O) groups excluding carboxylic acids is 1. The van der Waals surface area contributed by atoms with Crippen molar-refractivity contribution in [3.8, 4) is 0 Å². The first-order valence-electron chi connectivity index (χ1n) is 7.10. The molecule has 0 saturated carbocycles. The van der Waals surface area contributed by atoms with Crippen molar-refractivity contribution in [2.24, 2.45) is 5.73 Å². The van der Waals surface area contributed by atoms with Gasteiger partial charge in [-0.05, 0) is 37.4 Å². The lowest BCUT2D eigenvalue weighted by molar-refractivity contribution is -0.119. The van der Waals surface area contributed by atoms with Crippen LogP contribution < -0.4 is 10.6 Å². The molecule has 0 bridgehead atoms. The van der Waals surface area contributed by atoms with Crippen LogP contribution in [0.25, 0.3) is 0 Å². The summed E-state index contributed by atoms with van der Waals surface area (Å²) in [6.07, 6.45) is 3.16. The molecular weight excluding hydrogens is 274 g/mol. The van der Waals surface area contributed by atoms with Gasteiger partial charge in [-0.1, -0.05) is 18.2 Å². The number of para-hydroxylation sites is 1. The minimum Gasteiger partial charge on any atom is -0.327 e. The summed E-state index contributed by atoms with van der Waals surface area (Å²) in [6.45, 7) is 3.16. The molecule has 0 aliphatic carbocycles. The fourth-order valence-electron chi connectivity index (χ4n) is 3.11. The number of nitrogens with two attached hydrogens (primary N) is 1. The van der Waals surface area contributed by atoms with Gasteiger partial charge in [0.2, 0.25) is 5.91 Å². The molecule has 5 heteroatoms. The van der Waals surface area contributed by atoms with Crippen molar-refractivity contribution in [1.82, 2.24) is 4.90 Å². The van der Waals surface area contributed by atoms with Gasteiger partial charge in [0.1, 0.15) is 0 Å². The number of piperidine rings is 1. The van der Waals surface area contributed by atoms with Gasteiger partial charge in [-0.15, -0.1) is 12.4 Å². The summed E-state index contributed by atoms with van der Waals surface area (Å²) in [5, 5.41) is 0. The molecule has 0 unspecified atom stereocenters. The molecule has 1 amide bonds. The van der Waals surface area contributed by atoms with Crippen LogP contribution >= 0.6 is 12.4 Å². The van der Waals surface area contributed by atoms with E-state index in [2.05, 4.69) is 11.0 Å². The Morgan fingerprint density at radius 2 is 2.10 bits per heavy atom. The summed E-state index contributed by atoms with van der Waals surface area (Å²) in [6, 6.07) is 8.42.